The predicted molar refractivity (Wildman–Crippen MR) is 63.9 cm³/mol. The van der Waals surface area contributed by atoms with Gasteiger partial charge in [-0.1, -0.05) is 13.0 Å². The van der Waals surface area contributed by atoms with Gasteiger partial charge in [-0.15, -0.1) is 0 Å². The van der Waals surface area contributed by atoms with E-state index in [0.717, 1.165) is 23.6 Å². The maximum atomic E-state index is 5.70. The Kier molecular flexibility index (Phi) is 2.81. The number of methoxy groups -OCH3 is 1. The minimum absolute atomic E-state index is 0.541. The average molecular weight is 217 g/mol. The molecule has 0 amide bonds. The molecule has 0 unspecified atom stereocenters. The van der Waals surface area contributed by atoms with Gasteiger partial charge in [-0.25, -0.2) is 4.68 Å². The number of nitrogen functional groups attached to an aromatic ring is 1. The fourth-order valence-electron chi connectivity index (χ4n) is 1.66. The van der Waals surface area contributed by atoms with Crippen LogP contribution in [0.3, 0.4) is 0 Å². The molecule has 2 rings (SSSR count). The zero-order valence-electron chi connectivity index (χ0n) is 9.47. The molecule has 0 aliphatic rings. The van der Waals surface area contributed by atoms with Crippen LogP contribution in [0.2, 0.25) is 0 Å². The van der Waals surface area contributed by atoms with Crippen molar-refractivity contribution in [1.82, 2.24) is 9.78 Å². The highest BCUT2D eigenvalue weighted by Gasteiger charge is 2.06. The van der Waals surface area contributed by atoms with Crippen LogP contribution in [0.5, 0.6) is 5.75 Å². The molecule has 0 fully saturated rings. The van der Waals surface area contributed by atoms with E-state index in [1.807, 2.05) is 35.0 Å². The van der Waals surface area contributed by atoms with Crippen LogP contribution < -0.4 is 10.5 Å². The second kappa shape index (κ2) is 4.26. The summed E-state index contributed by atoms with van der Waals surface area (Å²) in [5.41, 5.74) is 7.75. The fourth-order valence-corrected chi connectivity index (χ4v) is 1.66. The quantitative estimate of drug-likeness (QED) is 0.855. The summed E-state index contributed by atoms with van der Waals surface area (Å²) in [5.74, 6) is 1.35. The second-order valence-corrected chi connectivity index (χ2v) is 3.53. The van der Waals surface area contributed by atoms with Gasteiger partial charge in [0.15, 0.2) is 0 Å². The highest BCUT2D eigenvalue weighted by Crippen LogP contribution is 2.19. The maximum Gasteiger partial charge on any atom is 0.146 e. The molecule has 0 saturated carbocycles. The molecule has 2 aromatic rings. The van der Waals surface area contributed by atoms with Crippen LogP contribution in [-0.2, 0) is 6.42 Å². The summed E-state index contributed by atoms with van der Waals surface area (Å²) in [6.07, 6.45) is 0.890. The Morgan fingerprint density at radius 1 is 1.38 bits per heavy atom. The van der Waals surface area contributed by atoms with Crippen molar-refractivity contribution in [2.24, 2.45) is 0 Å². The molecular formula is C12H15N3O. The summed E-state index contributed by atoms with van der Waals surface area (Å²) >= 11 is 0. The highest BCUT2D eigenvalue weighted by molar-refractivity contribution is 5.42. The van der Waals surface area contributed by atoms with E-state index < -0.39 is 0 Å². The first-order valence-corrected chi connectivity index (χ1v) is 5.23. The van der Waals surface area contributed by atoms with E-state index in [9.17, 15) is 0 Å². The minimum Gasteiger partial charge on any atom is -0.497 e. The lowest BCUT2D eigenvalue weighted by Gasteiger charge is -2.07. The van der Waals surface area contributed by atoms with E-state index in [1.165, 1.54) is 0 Å². The summed E-state index contributed by atoms with van der Waals surface area (Å²) < 4.78 is 7.03. The Bertz CT molecular complexity index is 491. The van der Waals surface area contributed by atoms with Gasteiger partial charge in [0.05, 0.1) is 12.8 Å². The lowest BCUT2D eigenvalue weighted by Crippen LogP contribution is -2.01. The van der Waals surface area contributed by atoms with Crippen LogP contribution in [0, 0.1) is 0 Å². The first-order valence-electron chi connectivity index (χ1n) is 5.23. The number of hydrogen-bond acceptors (Lipinski definition) is 3. The van der Waals surface area contributed by atoms with Crippen LogP contribution in [0.25, 0.3) is 5.69 Å². The van der Waals surface area contributed by atoms with Crippen molar-refractivity contribution in [2.45, 2.75) is 13.3 Å². The molecule has 0 saturated heterocycles. The van der Waals surface area contributed by atoms with Crippen molar-refractivity contribution in [1.29, 1.82) is 0 Å². The smallest absolute Gasteiger partial charge is 0.146 e. The number of nitrogens with two attached hydrogens (primary N) is 1. The Morgan fingerprint density at radius 2 is 2.19 bits per heavy atom. The van der Waals surface area contributed by atoms with Crippen molar-refractivity contribution >= 4 is 5.82 Å². The number of benzene rings is 1. The van der Waals surface area contributed by atoms with Crippen LogP contribution >= 0.6 is 0 Å². The number of aromatic nitrogens is 2. The SMILES string of the molecule is CCc1cc(N)nn1-c1cccc(OC)c1. The molecule has 4 heteroatoms. The molecule has 1 aromatic heterocycles. The average Bonchev–Trinajstić information content (AvgIpc) is 2.70. The Morgan fingerprint density at radius 3 is 2.88 bits per heavy atom. The molecule has 0 atom stereocenters. The molecule has 1 heterocycles. The lowest BCUT2D eigenvalue weighted by molar-refractivity contribution is 0.414. The Balaban J connectivity index is 2.48. The van der Waals surface area contributed by atoms with Crippen molar-refractivity contribution in [2.75, 3.05) is 12.8 Å². The molecule has 0 radical (unpaired) electrons. The Labute approximate surface area is 94.6 Å². The van der Waals surface area contributed by atoms with Gasteiger partial charge in [0.2, 0.25) is 0 Å². The van der Waals surface area contributed by atoms with Crippen LogP contribution in [0.4, 0.5) is 5.82 Å². The van der Waals surface area contributed by atoms with Crippen molar-refractivity contribution < 1.29 is 4.74 Å². The summed E-state index contributed by atoms with van der Waals surface area (Å²) in [6.45, 7) is 2.08. The van der Waals surface area contributed by atoms with E-state index in [0.29, 0.717) is 5.82 Å². The monoisotopic (exact) mass is 217 g/mol. The fraction of sp³-hybridized carbons (Fsp3) is 0.250. The number of hydrogen-bond donors (Lipinski definition) is 1. The normalized spacial score (nSPS) is 10.4. The van der Waals surface area contributed by atoms with Gasteiger partial charge in [-0.05, 0) is 18.6 Å². The Hall–Kier alpha value is -1.97. The third-order valence-electron chi connectivity index (χ3n) is 2.46. The first-order chi connectivity index (χ1) is 7.74. The summed E-state index contributed by atoms with van der Waals surface area (Å²) in [6, 6.07) is 9.65. The summed E-state index contributed by atoms with van der Waals surface area (Å²) in [4.78, 5) is 0. The van der Waals surface area contributed by atoms with Crippen LogP contribution in [-0.4, -0.2) is 16.9 Å². The van der Waals surface area contributed by atoms with Gasteiger partial charge in [0, 0.05) is 17.8 Å². The molecule has 84 valence electrons. The summed E-state index contributed by atoms with van der Waals surface area (Å²) in [5, 5.41) is 4.27. The van der Waals surface area contributed by atoms with E-state index >= 15 is 0 Å². The molecule has 0 aliphatic carbocycles. The zero-order valence-corrected chi connectivity index (χ0v) is 9.47. The van der Waals surface area contributed by atoms with E-state index in [1.54, 1.807) is 7.11 Å². The molecule has 0 bridgehead atoms. The van der Waals surface area contributed by atoms with Crippen molar-refractivity contribution in [3.05, 3.63) is 36.0 Å². The molecular weight excluding hydrogens is 202 g/mol. The van der Waals surface area contributed by atoms with Gasteiger partial charge in [0.25, 0.3) is 0 Å². The van der Waals surface area contributed by atoms with Gasteiger partial charge in [-0.2, -0.15) is 5.10 Å². The predicted octanol–water partition coefficient (Wildman–Crippen LogP) is 2.03. The van der Waals surface area contributed by atoms with Gasteiger partial charge >= 0.3 is 0 Å². The van der Waals surface area contributed by atoms with Gasteiger partial charge < -0.3 is 10.5 Å². The first kappa shape index (κ1) is 10.5. The molecule has 2 N–H and O–H groups in total. The highest BCUT2D eigenvalue weighted by atomic mass is 16.5. The van der Waals surface area contributed by atoms with Crippen molar-refractivity contribution in [3.8, 4) is 11.4 Å². The van der Waals surface area contributed by atoms with Crippen LogP contribution in [0.15, 0.2) is 30.3 Å². The largest absolute Gasteiger partial charge is 0.497 e. The maximum absolute atomic E-state index is 5.70. The standard InChI is InChI=1S/C12H15N3O/c1-3-9-8-12(13)14-15(9)10-5-4-6-11(7-10)16-2/h4-8H,3H2,1-2H3,(H2,13,14). The van der Waals surface area contributed by atoms with Crippen molar-refractivity contribution in [3.63, 3.8) is 0 Å². The van der Waals surface area contributed by atoms with Crippen LogP contribution in [0.1, 0.15) is 12.6 Å². The lowest BCUT2D eigenvalue weighted by atomic mass is 10.2. The van der Waals surface area contributed by atoms with E-state index in [4.69, 9.17) is 10.5 Å². The molecule has 1 aromatic carbocycles. The number of nitrogens with zero attached hydrogens (tertiary/aromatic N) is 2. The minimum atomic E-state index is 0.541. The van der Waals surface area contributed by atoms with E-state index in [2.05, 4.69) is 12.0 Å². The topological polar surface area (TPSA) is 53.1 Å². The number of aryl methyl sites for hydroxylation is 1. The second-order valence-electron chi connectivity index (χ2n) is 3.53. The third-order valence-corrected chi connectivity index (χ3v) is 2.46. The molecule has 4 nitrogen and oxygen atoms in total. The summed E-state index contributed by atoms with van der Waals surface area (Å²) in [7, 11) is 1.65. The molecule has 16 heavy (non-hydrogen) atoms. The van der Waals surface area contributed by atoms with Gasteiger partial charge in [0.1, 0.15) is 11.6 Å². The number of anilines is 1. The molecule has 0 spiro atoms. The molecule has 0 aliphatic heterocycles. The zero-order chi connectivity index (χ0) is 11.5. The number of rotatable bonds is 3. The third kappa shape index (κ3) is 1.86. The number of ether oxygens (including phenoxy) is 1. The van der Waals surface area contributed by atoms with Gasteiger partial charge in [-0.3, -0.25) is 0 Å². The van der Waals surface area contributed by atoms with E-state index in [-0.39, 0.29) is 0 Å².